The largest absolute Gasteiger partial charge is 0.280 e. The zero-order chi connectivity index (χ0) is 17.8. The van der Waals surface area contributed by atoms with Crippen molar-refractivity contribution >= 4 is 29.0 Å². The molecule has 0 atom stereocenters. The zero-order valence-corrected chi connectivity index (χ0v) is 16.1. The van der Waals surface area contributed by atoms with Gasteiger partial charge in [0.2, 0.25) is 5.91 Å². The number of carbonyl (C=O) groups is 1. The number of nitrogens with zero attached hydrogens (tertiary/aromatic N) is 1. The lowest BCUT2D eigenvalue weighted by atomic mass is 10.0. The Labute approximate surface area is 161 Å². The van der Waals surface area contributed by atoms with Crippen molar-refractivity contribution in [3.63, 3.8) is 0 Å². The number of benzene rings is 2. The quantitative estimate of drug-likeness (QED) is 0.672. The molecule has 2 aliphatic rings. The summed E-state index contributed by atoms with van der Waals surface area (Å²) in [6.07, 6.45) is 9.36. The average Bonchev–Trinajstić information content (AvgIpc) is 2.85. The van der Waals surface area contributed by atoms with Crippen LogP contribution in [0.1, 0.15) is 49.7 Å². The fourth-order valence-electron chi connectivity index (χ4n) is 4.21. The summed E-state index contributed by atoms with van der Waals surface area (Å²) >= 11 is 2.01. The Balaban J connectivity index is 1.53. The molecule has 2 aromatic carbocycles. The lowest BCUT2D eigenvalue weighted by molar-refractivity contribution is -0.117. The summed E-state index contributed by atoms with van der Waals surface area (Å²) in [5.74, 6) is 1.17. The molecule has 26 heavy (non-hydrogen) atoms. The molecule has 0 bridgehead atoms. The van der Waals surface area contributed by atoms with E-state index in [0.29, 0.717) is 6.42 Å². The van der Waals surface area contributed by atoms with E-state index in [1.807, 2.05) is 28.8 Å². The molecule has 1 aliphatic carbocycles. The number of thioether (sulfide) groups is 1. The van der Waals surface area contributed by atoms with Crippen molar-refractivity contribution in [2.45, 2.75) is 56.6 Å². The second-order valence-corrected chi connectivity index (χ2v) is 8.78. The van der Waals surface area contributed by atoms with E-state index in [0.717, 1.165) is 35.2 Å². The Bertz CT molecular complexity index is 719. The highest BCUT2D eigenvalue weighted by Crippen LogP contribution is 2.37. The van der Waals surface area contributed by atoms with Crippen molar-refractivity contribution < 1.29 is 4.79 Å². The third-order valence-corrected chi connectivity index (χ3v) is 6.98. The van der Waals surface area contributed by atoms with Crippen LogP contribution < -0.4 is 4.90 Å². The van der Waals surface area contributed by atoms with Crippen LogP contribution in [-0.2, 0) is 17.6 Å². The summed E-state index contributed by atoms with van der Waals surface area (Å²) in [7, 11) is 0. The van der Waals surface area contributed by atoms with Crippen molar-refractivity contribution in [3.8, 4) is 0 Å². The molecule has 2 nitrogen and oxygen atoms in total. The smallest absolute Gasteiger partial charge is 0.232 e. The maximum absolute atomic E-state index is 13.2. The fraction of sp³-hybridized carbons (Fsp3) is 0.435. The Morgan fingerprint density at radius 2 is 1.46 bits per heavy atom. The van der Waals surface area contributed by atoms with Gasteiger partial charge >= 0.3 is 0 Å². The molecule has 2 aromatic rings. The summed E-state index contributed by atoms with van der Waals surface area (Å²) < 4.78 is 0. The number of hydrogen-bond acceptors (Lipinski definition) is 2. The van der Waals surface area contributed by atoms with Gasteiger partial charge in [0, 0.05) is 17.4 Å². The first-order chi connectivity index (χ1) is 12.8. The second kappa shape index (κ2) is 8.30. The normalized spacial score (nSPS) is 17.3. The monoisotopic (exact) mass is 365 g/mol. The number of anilines is 2. The number of hydrogen-bond donors (Lipinski definition) is 0. The van der Waals surface area contributed by atoms with Crippen molar-refractivity contribution in [1.82, 2.24) is 0 Å². The molecular weight excluding hydrogens is 338 g/mol. The molecule has 1 saturated carbocycles. The summed E-state index contributed by atoms with van der Waals surface area (Å²) in [6, 6.07) is 16.8. The molecule has 136 valence electrons. The molecule has 1 fully saturated rings. The van der Waals surface area contributed by atoms with Crippen LogP contribution in [0.3, 0.4) is 0 Å². The van der Waals surface area contributed by atoms with Crippen molar-refractivity contribution in [2.75, 3.05) is 10.7 Å². The first kappa shape index (κ1) is 17.7. The van der Waals surface area contributed by atoms with E-state index in [1.165, 1.54) is 43.2 Å². The third-order valence-electron chi connectivity index (χ3n) is 5.60. The number of para-hydroxylation sites is 2. The minimum Gasteiger partial charge on any atom is -0.280 e. The van der Waals surface area contributed by atoms with Gasteiger partial charge in [-0.1, -0.05) is 55.7 Å². The third kappa shape index (κ3) is 3.83. The van der Waals surface area contributed by atoms with Gasteiger partial charge in [0.25, 0.3) is 0 Å². The maximum atomic E-state index is 13.2. The number of amides is 1. The highest BCUT2D eigenvalue weighted by Gasteiger charge is 2.25. The number of fused-ring (bicyclic) bond motifs is 2. The van der Waals surface area contributed by atoms with Gasteiger partial charge in [-0.25, -0.2) is 0 Å². The van der Waals surface area contributed by atoms with Crippen molar-refractivity contribution in [1.29, 1.82) is 0 Å². The van der Waals surface area contributed by atoms with Crippen LogP contribution in [0.5, 0.6) is 0 Å². The van der Waals surface area contributed by atoms with E-state index in [2.05, 4.69) is 36.4 Å². The van der Waals surface area contributed by atoms with E-state index in [-0.39, 0.29) is 5.91 Å². The second-order valence-electron chi connectivity index (χ2n) is 7.37. The van der Waals surface area contributed by atoms with Gasteiger partial charge in [-0.15, -0.1) is 0 Å². The lowest BCUT2D eigenvalue weighted by Crippen LogP contribution is -2.27. The lowest BCUT2D eigenvalue weighted by Gasteiger charge is -2.26. The molecule has 0 radical (unpaired) electrons. The molecule has 1 amide bonds. The highest BCUT2D eigenvalue weighted by molar-refractivity contribution is 7.99. The molecule has 3 heteroatoms. The Morgan fingerprint density at radius 3 is 2.08 bits per heavy atom. The van der Waals surface area contributed by atoms with Crippen LogP contribution in [0.15, 0.2) is 48.5 Å². The van der Waals surface area contributed by atoms with E-state index < -0.39 is 0 Å². The van der Waals surface area contributed by atoms with E-state index in [1.54, 1.807) is 0 Å². The van der Waals surface area contributed by atoms with Gasteiger partial charge in [-0.05, 0) is 48.9 Å². The molecule has 0 aromatic heterocycles. The molecule has 0 N–H and O–H groups in total. The van der Waals surface area contributed by atoms with Crippen LogP contribution >= 0.6 is 11.8 Å². The standard InChI is InChI=1S/C23H27NOS/c25-23(16-17-26-20-10-2-1-3-11-20)24-21-12-6-4-8-18(21)14-15-19-9-5-7-13-22(19)24/h4-9,12-13,20H,1-3,10-11,14-17H2. The van der Waals surface area contributed by atoms with Crippen LogP contribution in [0, 0.1) is 0 Å². The highest BCUT2D eigenvalue weighted by atomic mass is 32.2. The summed E-state index contributed by atoms with van der Waals surface area (Å²) in [4.78, 5) is 15.2. The summed E-state index contributed by atoms with van der Waals surface area (Å²) in [5, 5.41) is 0.764. The Kier molecular flexibility index (Phi) is 5.64. The Hall–Kier alpha value is -1.74. The average molecular weight is 366 g/mol. The van der Waals surface area contributed by atoms with Crippen LogP contribution in [0.4, 0.5) is 11.4 Å². The van der Waals surface area contributed by atoms with E-state index in [9.17, 15) is 4.79 Å². The maximum Gasteiger partial charge on any atom is 0.232 e. The number of rotatable bonds is 4. The minimum atomic E-state index is 0.232. The molecule has 4 rings (SSSR count). The van der Waals surface area contributed by atoms with Gasteiger partial charge in [0.15, 0.2) is 0 Å². The molecule has 0 saturated heterocycles. The minimum absolute atomic E-state index is 0.232. The molecular formula is C23H27NOS. The van der Waals surface area contributed by atoms with Crippen LogP contribution in [0.2, 0.25) is 0 Å². The van der Waals surface area contributed by atoms with Crippen LogP contribution in [-0.4, -0.2) is 16.9 Å². The first-order valence-electron chi connectivity index (χ1n) is 9.93. The summed E-state index contributed by atoms with van der Waals surface area (Å²) in [5.41, 5.74) is 4.70. The zero-order valence-electron chi connectivity index (χ0n) is 15.3. The van der Waals surface area contributed by atoms with Crippen molar-refractivity contribution in [3.05, 3.63) is 59.7 Å². The van der Waals surface area contributed by atoms with E-state index >= 15 is 0 Å². The topological polar surface area (TPSA) is 20.3 Å². The van der Waals surface area contributed by atoms with Gasteiger partial charge in [-0.2, -0.15) is 11.8 Å². The number of aryl methyl sites for hydroxylation is 2. The summed E-state index contributed by atoms with van der Waals surface area (Å²) in [6.45, 7) is 0. The predicted molar refractivity (Wildman–Crippen MR) is 111 cm³/mol. The molecule has 0 spiro atoms. The first-order valence-corrected chi connectivity index (χ1v) is 11.0. The van der Waals surface area contributed by atoms with Gasteiger partial charge < -0.3 is 0 Å². The van der Waals surface area contributed by atoms with Gasteiger partial charge in [0.1, 0.15) is 0 Å². The van der Waals surface area contributed by atoms with E-state index in [4.69, 9.17) is 0 Å². The fourth-order valence-corrected chi connectivity index (χ4v) is 5.50. The van der Waals surface area contributed by atoms with Crippen molar-refractivity contribution in [2.24, 2.45) is 0 Å². The Morgan fingerprint density at radius 1 is 0.885 bits per heavy atom. The van der Waals surface area contributed by atoms with Gasteiger partial charge in [-0.3, -0.25) is 9.69 Å². The SMILES string of the molecule is O=C(CCSC1CCCCC1)N1c2ccccc2CCc2ccccc21. The molecule has 0 unspecified atom stereocenters. The van der Waals surface area contributed by atoms with Crippen LogP contribution in [0.25, 0.3) is 0 Å². The van der Waals surface area contributed by atoms with Gasteiger partial charge in [0.05, 0.1) is 11.4 Å². The predicted octanol–water partition coefficient (Wildman–Crippen LogP) is 5.91. The molecule has 1 heterocycles. The number of carbonyl (C=O) groups excluding carboxylic acids is 1. The molecule has 1 aliphatic heterocycles.